The fourth-order valence-corrected chi connectivity index (χ4v) is 4.04. The van der Waals surface area contributed by atoms with Crippen molar-refractivity contribution in [2.24, 2.45) is 5.92 Å². The summed E-state index contributed by atoms with van der Waals surface area (Å²) in [6.45, 7) is 1.80. The molecule has 1 saturated heterocycles. The van der Waals surface area contributed by atoms with Crippen molar-refractivity contribution < 1.29 is 4.79 Å². The molecule has 1 aliphatic carbocycles. The van der Waals surface area contributed by atoms with Crippen LogP contribution in [0.4, 0.5) is 5.82 Å². The maximum Gasteiger partial charge on any atom is 0.245 e. The Kier molecular flexibility index (Phi) is 3.48. The number of amides is 1. The minimum atomic E-state index is -0.0678. The minimum Gasteiger partial charge on any atom is -0.344 e. The molecule has 0 bridgehead atoms. The second-order valence-corrected chi connectivity index (χ2v) is 7.24. The number of carbonyl (C=O) groups excluding carboxylic acids is 1. The van der Waals surface area contributed by atoms with Gasteiger partial charge in [0.05, 0.1) is 5.39 Å². The summed E-state index contributed by atoms with van der Waals surface area (Å²) in [5.74, 6) is 1.89. The third-order valence-corrected chi connectivity index (χ3v) is 5.48. The molecule has 3 heterocycles. The lowest BCUT2D eigenvalue weighted by Crippen LogP contribution is -2.45. The molecule has 1 saturated carbocycles. The molecule has 2 aliphatic rings. The second kappa shape index (κ2) is 5.50. The highest BCUT2D eigenvalue weighted by atomic mass is 32.1. The number of nitrogens with zero attached hydrogens (tertiary/aromatic N) is 4. The van der Waals surface area contributed by atoms with Crippen molar-refractivity contribution in [3.8, 4) is 0 Å². The van der Waals surface area contributed by atoms with Crippen molar-refractivity contribution in [3.05, 3.63) is 17.8 Å². The van der Waals surface area contributed by atoms with Gasteiger partial charge in [-0.25, -0.2) is 9.97 Å². The van der Waals surface area contributed by atoms with Gasteiger partial charge in [-0.15, -0.1) is 11.3 Å². The normalized spacial score (nSPS) is 21.5. The van der Waals surface area contributed by atoms with Gasteiger partial charge in [-0.3, -0.25) is 4.79 Å². The molecule has 22 heavy (non-hydrogen) atoms. The number of aromatic nitrogens is 2. The first-order valence-corrected chi connectivity index (χ1v) is 8.82. The Morgan fingerprint density at radius 1 is 1.41 bits per heavy atom. The lowest BCUT2D eigenvalue weighted by molar-refractivity contribution is -0.131. The Morgan fingerprint density at radius 3 is 3.09 bits per heavy atom. The Morgan fingerprint density at radius 2 is 2.27 bits per heavy atom. The average Bonchev–Trinajstić information content (AvgIpc) is 3.05. The zero-order valence-corrected chi connectivity index (χ0v) is 13.6. The molecule has 1 aliphatic heterocycles. The van der Waals surface area contributed by atoms with Crippen LogP contribution in [-0.4, -0.2) is 47.0 Å². The largest absolute Gasteiger partial charge is 0.344 e. The van der Waals surface area contributed by atoms with Gasteiger partial charge in [-0.2, -0.15) is 0 Å². The molecular weight excluding hydrogens is 296 g/mol. The van der Waals surface area contributed by atoms with E-state index < -0.39 is 0 Å². The molecular formula is C16H20N4OS. The molecule has 0 radical (unpaired) electrons. The van der Waals surface area contributed by atoms with Crippen LogP contribution >= 0.6 is 11.3 Å². The van der Waals surface area contributed by atoms with E-state index in [4.69, 9.17) is 0 Å². The molecule has 2 aromatic rings. The van der Waals surface area contributed by atoms with E-state index in [0.717, 1.165) is 47.9 Å². The SMILES string of the molecule is CN(CC1CC1)C(=O)[C@H]1CCCN1c1ncnc2sccc12. The van der Waals surface area contributed by atoms with Crippen LogP contribution < -0.4 is 4.90 Å². The first kappa shape index (κ1) is 13.9. The summed E-state index contributed by atoms with van der Waals surface area (Å²) >= 11 is 1.62. The van der Waals surface area contributed by atoms with Gasteiger partial charge in [0.2, 0.25) is 5.91 Å². The predicted molar refractivity (Wildman–Crippen MR) is 88.1 cm³/mol. The van der Waals surface area contributed by atoms with Crippen LogP contribution in [0.3, 0.4) is 0 Å². The Labute approximate surface area is 134 Å². The van der Waals surface area contributed by atoms with Crippen molar-refractivity contribution in [1.82, 2.24) is 14.9 Å². The topological polar surface area (TPSA) is 49.3 Å². The highest BCUT2D eigenvalue weighted by Crippen LogP contribution is 2.33. The van der Waals surface area contributed by atoms with Gasteiger partial charge in [-0.1, -0.05) is 0 Å². The number of carbonyl (C=O) groups is 1. The molecule has 0 spiro atoms. The predicted octanol–water partition coefficient (Wildman–Crippen LogP) is 2.53. The monoisotopic (exact) mass is 316 g/mol. The Bertz CT molecular complexity index is 696. The van der Waals surface area contributed by atoms with Gasteiger partial charge in [0.15, 0.2) is 0 Å². The quantitative estimate of drug-likeness (QED) is 0.870. The van der Waals surface area contributed by atoms with Crippen molar-refractivity contribution >= 4 is 33.3 Å². The zero-order chi connectivity index (χ0) is 15.1. The van der Waals surface area contributed by atoms with Crippen LogP contribution in [0.15, 0.2) is 17.8 Å². The number of likely N-dealkylation sites (N-methyl/N-ethyl adjacent to an activating group) is 1. The van der Waals surface area contributed by atoms with Gasteiger partial charge < -0.3 is 9.80 Å². The summed E-state index contributed by atoms with van der Waals surface area (Å²) in [7, 11) is 1.94. The first-order valence-electron chi connectivity index (χ1n) is 7.94. The molecule has 0 aromatic carbocycles. The molecule has 116 valence electrons. The molecule has 4 rings (SSSR count). The number of thiophene rings is 1. The third-order valence-electron chi connectivity index (χ3n) is 4.66. The highest BCUT2D eigenvalue weighted by molar-refractivity contribution is 7.16. The summed E-state index contributed by atoms with van der Waals surface area (Å²) in [4.78, 5) is 26.7. The van der Waals surface area contributed by atoms with Crippen LogP contribution in [0, 0.1) is 5.92 Å². The molecule has 2 fully saturated rings. The molecule has 1 atom stereocenters. The van der Waals surface area contributed by atoms with E-state index in [-0.39, 0.29) is 11.9 Å². The fourth-order valence-electron chi connectivity index (χ4n) is 3.31. The number of hydrogen-bond acceptors (Lipinski definition) is 5. The van der Waals surface area contributed by atoms with Crippen LogP contribution in [0.5, 0.6) is 0 Å². The fraction of sp³-hybridized carbons (Fsp3) is 0.562. The maximum absolute atomic E-state index is 12.8. The van der Waals surface area contributed by atoms with E-state index in [1.807, 2.05) is 17.3 Å². The van der Waals surface area contributed by atoms with Gasteiger partial charge in [0.25, 0.3) is 0 Å². The molecule has 0 unspecified atom stereocenters. The van der Waals surface area contributed by atoms with Gasteiger partial charge in [0, 0.05) is 20.1 Å². The van der Waals surface area contributed by atoms with Crippen LogP contribution in [0.2, 0.25) is 0 Å². The number of rotatable bonds is 4. The molecule has 5 nitrogen and oxygen atoms in total. The standard InChI is InChI=1S/C16H20N4OS/c1-19(9-11-4-5-11)16(21)13-3-2-7-20(13)14-12-6-8-22-15(12)18-10-17-14/h6,8,10-11,13H,2-5,7,9H2,1H3/t13-/m1/s1. The van der Waals surface area contributed by atoms with Crippen LogP contribution in [0.1, 0.15) is 25.7 Å². The molecule has 6 heteroatoms. The number of anilines is 1. The lowest BCUT2D eigenvalue weighted by Gasteiger charge is -2.29. The molecule has 2 aromatic heterocycles. The smallest absolute Gasteiger partial charge is 0.245 e. The second-order valence-electron chi connectivity index (χ2n) is 6.35. The summed E-state index contributed by atoms with van der Waals surface area (Å²) < 4.78 is 0. The van der Waals surface area contributed by atoms with Crippen molar-refractivity contribution in [2.45, 2.75) is 31.7 Å². The summed E-state index contributed by atoms with van der Waals surface area (Å²) in [5, 5.41) is 3.10. The average molecular weight is 316 g/mol. The number of hydrogen-bond donors (Lipinski definition) is 0. The van der Waals surface area contributed by atoms with E-state index in [1.54, 1.807) is 17.7 Å². The lowest BCUT2D eigenvalue weighted by atomic mass is 10.2. The van der Waals surface area contributed by atoms with Crippen LogP contribution in [0.25, 0.3) is 10.2 Å². The molecule has 1 amide bonds. The van der Waals surface area contributed by atoms with Crippen molar-refractivity contribution in [1.29, 1.82) is 0 Å². The maximum atomic E-state index is 12.8. The summed E-state index contributed by atoms with van der Waals surface area (Å²) in [5.41, 5.74) is 0. The van der Waals surface area contributed by atoms with Gasteiger partial charge in [0.1, 0.15) is 23.0 Å². The van der Waals surface area contributed by atoms with E-state index in [0.29, 0.717) is 0 Å². The third kappa shape index (κ3) is 2.45. The van der Waals surface area contributed by atoms with E-state index in [9.17, 15) is 4.79 Å². The Hall–Kier alpha value is -1.69. The number of fused-ring (bicyclic) bond motifs is 1. The van der Waals surface area contributed by atoms with Crippen LogP contribution in [-0.2, 0) is 4.79 Å². The van der Waals surface area contributed by atoms with Gasteiger partial charge >= 0.3 is 0 Å². The van der Waals surface area contributed by atoms with Crippen molar-refractivity contribution in [3.63, 3.8) is 0 Å². The van der Waals surface area contributed by atoms with E-state index >= 15 is 0 Å². The van der Waals surface area contributed by atoms with E-state index in [1.165, 1.54) is 12.8 Å². The van der Waals surface area contributed by atoms with E-state index in [2.05, 4.69) is 20.9 Å². The summed E-state index contributed by atoms with van der Waals surface area (Å²) in [6, 6.07) is 1.99. The highest BCUT2D eigenvalue weighted by Gasteiger charge is 2.35. The minimum absolute atomic E-state index is 0.0678. The zero-order valence-electron chi connectivity index (χ0n) is 12.7. The van der Waals surface area contributed by atoms with Gasteiger partial charge in [-0.05, 0) is 43.0 Å². The molecule has 0 N–H and O–H groups in total. The summed E-state index contributed by atoms with van der Waals surface area (Å²) in [6.07, 6.45) is 6.12. The Balaban J connectivity index is 1.60. The first-order chi connectivity index (χ1) is 10.7. The van der Waals surface area contributed by atoms with Crippen molar-refractivity contribution in [2.75, 3.05) is 25.0 Å².